The van der Waals surface area contributed by atoms with Crippen LogP contribution in [0.2, 0.25) is 0 Å². The van der Waals surface area contributed by atoms with E-state index in [0.29, 0.717) is 72.9 Å². The van der Waals surface area contributed by atoms with E-state index < -0.39 is 11.7 Å². The van der Waals surface area contributed by atoms with Crippen molar-refractivity contribution in [2.24, 2.45) is 5.92 Å². The second kappa shape index (κ2) is 10.3. The maximum atomic E-state index is 13.6. The fourth-order valence-electron chi connectivity index (χ4n) is 4.87. The third kappa shape index (κ3) is 5.32. The number of hydrogen-bond acceptors (Lipinski definition) is 5. The highest BCUT2D eigenvalue weighted by Gasteiger charge is 2.33. The quantitative estimate of drug-likeness (QED) is 0.455. The van der Waals surface area contributed by atoms with Gasteiger partial charge in [-0.15, -0.1) is 0 Å². The summed E-state index contributed by atoms with van der Waals surface area (Å²) >= 11 is 0. The van der Waals surface area contributed by atoms with Gasteiger partial charge in [0, 0.05) is 36.8 Å². The summed E-state index contributed by atoms with van der Waals surface area (Å²) in [7, 11) is 0. The zero-order chi connectivity index (χ0) is 27.0. The van der Waals surface area contributed by atoms with Gasteiger partial charge in [-0.25, -0.2) is 9.97 Å². The van der Waals surface area contributed by atoms with Gasteiger partial charge in [-0.05, 0) is 56.7 Å². The highest BCUT2D eigenvalue weighted by Crippen LogP contribution is 2.40. The van der Waals surface area contributed by atoms with Crippen LogP contribution in [-0.4, -0.2) is 57.4 Å². The molecule has 8 nitrogen and oxygen atoms in total. The molecule has 38 heavy (non-hydrogen) atoms. The maximum absolute atomic E-state index is 13.6. The number of carbonyl (C=O) groups excluding carboxylic acids is 2. The van der Waals surface area contributed by atoms with Crippen LogP contribution in [0.1, 0.15) is 60.6 Å². The molecular formula is C27H30F3N5O3. The lowest BCUT2D eigenvalue weighted by atomic mass is 10.0. The number of aryl methyl sites for hydroxylation is 1. The molecule has 2 aliphatic rings. The molecule has 1 saturated carbocycles. The van der Waals surface area contributed by atoms with Crippen molar-refractivity contribution < 1.29 is 27.5 Å². The van der Waals surface area contributed by atoms with Crippen LogP contribution in [0, 0.1) is 12.8 Å². The van der Waals surface area contributed by atoms with Crippen LogP contribution in [0.25, 0.3) is 22.3 Å². The second-order valence-corrected chi connectivity index (χ2v) is 10.0. The predicted octanol–water partition coefficient (Wildman–Crippen LogP) is 4.87. The number of alkyl halides is 3. The first-order valence-electron chi connectivity index (χ1n) is 12.9. The Bertz CT molecular complexity index is 1360. The zero-order valence-electron chi connectivity index (χ0n) is 21.3. The molecule has 0 unspecified atom stereocenters. The summed E-state index contributed by atoms with van der Waals surface area (Å²) in [6.07, 6.45) is 0.528. The number of hydrogen-bond donors (Lipinski definition) is 2. The molecule has 3 aromatic rings. The molecule has 0 spiro atoms. The fraction of sp³-hybridized carbons (Fsp3) is 0.481. The molecule has 0 atom stereocenters. The first kappa shape index (κ1) is 26.0. The van der Waals surface area contributed by atoms with E-state index in [1.165, 1.54) is 12.4 Å². The van der Waals surface area contributed by atoms with Crippen LogP contribution in [0.4, 0.5) is 13.2 Å². The minimum absolute atomic E-state index is 0.0973. The number of H-pyrrole nitrogens is 1. The van der Waals surface area contributed by atoms with Gasteiger partial charge in [0.25, 0.3) is 5.91 Å². The third-order valence-corrected chi connectivity index (χ3v) is 7.22. The molecule has 1 aliphatic carbocycles. The Balaban J connectivity index is 1.45. The number of nitrogens with one attached hydrogen (secondary N) is 2. The van der Waals surface area contributed by atoms with Crippen molar-refractivity contribution in [2.75, 3.05) is 19.7 Å². The summed E-state index contributed by atoms with van der Waals surface area (Å²) in [5.41, 5.74) is 1.17. The molecule has 2 N–H and O–H groups in total. The number of rotatable bonds is 7. The van der Waals surface area contributed by atoms with E-state index in [1.54, 1.807) is 11.8 Å². The Labute approximate surface area is 218 Å². The van der Waals surface area contributed by atoms with Gasteiger partial charge >= 0.3 is 6.18 Å². The van der Waals surface area contributed by atoms with E-state index >= 15 is 0 Å². The smallest absolute Gasteiger partial charge is 0.416 e. The molecule has 5 rings (SSSR count). The summed E-state index contributed by atoms with van der Waals surface area (Å²) in [6.45, 7) is 5.13. The van der Waals surface area contributed by atoms with Crippen molar-refractivity contribution in [1.29, 1.82) is 0 Å². The summed E-state index contributed by atoms with van der Waals surface area (Å²) < 4.78 is 46.6. The van der Waals surface area contributed by atoms with Crippen molar-refractivity contribution >= 4 is 22.8 Å². The minimum Gasteiger partial charge on any atom is -0.493 e. The minimum atomic E-state index is -4.54. The second-order valence-electron chi connectivity index (χ2n) is 10.0. The largest absolute Gasteiger partial charge is 0.493 e. The number of nitrogens with zero attached hydrogens (tertiary/aromatic N) is 3. The summed E-state index contributed by atoms with van der Waals surface area (Å²) in [4.78, 5) is 38.8. The molecule has 0 radical (unpaired) electrons. The van der Waals surface area contributed by atoms with E-state index in [-0.39, 0.29) is 29.1 Å². The first-order chi connectivity index (χ1) is 18.2. The van der Waals surface area contributed by atoms with Crippen molar-refractivity contribution in [3.8, 4) is 17.0 Å². The highest BCUT2D eigenvalue weighted by atomic mass is 19.4. The molecule has 3 heterocycles. The number of halogens is 3. The number of aromatic nitrogens is 3. The average molecular weight is 530 g/mol. The van der Waals surface area contributed by atoms with Gasteiger partial charge in [-0.3, -0.25) is 9.59 Å². The van der Waals surface area contributed by atoms with Crippen molar-refractivity contribution in [2.45, 2.75) is 58.2 Å². The van der Waals surface area contributed by atoms with Gasteiger partial charge in [0.1, 0.15) is 23.3 Å². The number of benzene rings is 1. The van der Waals surface area contributed by atoms with Crippen LogP contribution in [-0.2, 0) is 11.0 Å². The Kier molecular flexibility index (Phi) is 7.02. The number of likely N-dealkylation sites (tertiary alicyclic amines) is 1. The van der Waals surface area contributed by atoms with Gasteiger partial charge in [-0.2, -0.15) is 13.2 Å². The summed E-state index contributed by atoms with van der Waals surface area (Å²) in [6, 6.07) is 3.27. The standard InChI is InChI=1S/C27H30F3N5O3/c1-3-21(36)35-10-8-18(9-11-35)34-26(37)22-15(2)33-25-23(31-14-32-24(22)25)19-12-17(27(28,29)30)6-7-20(19)38-13-16-4-5-16/h6-7,12,14,16,18,33H,3-5,8-11,13H2,1-2H3,(H,34,37). The maximum Gasteiger partial charge on any atom is 0.416 e. The molecule has 2 aromatic heterocycles. The first-order valence-corrected chi connectivity index (χ1v) is 12.9. The van der Waals surface area contributed by atoms with Crippen molar-refractivity contribution in [3.05, 3.63) is 41.3 Å². The van der Waals surface area contributed by atoms with E-state index in [0.717, 1.165) is 25.0 Å². The van der Waals surface area contributed by atoms with Crippen LogP contribution in [0.5, 0.6) is 5.75 Å². The topological polar surface area (TPSA) is 100 Å². The third-order valence-electron chi connectivity index (χ3n) is 7.22. The van der Waals surface area contributed by atoms with Gasteiger partial charge in [0.2, 0.25) is 5.91 Å². The molecule has 1 aromatic carbocycles. The molecule has 2 fully saturated rings. The van der Waals surface area contributed by atoms with E-state index in [9.17, 15) is 22.8 Å². The normalized spacial score (nSPS) is 16.6. The SMILES string of the molecule is CCC(=O)N1CCC(NC(=O)c2c(C)[nH]c3c(-c4cc(C(F)(F)F)ccc4OCC4CC4)ncnc23)CC1. The number of ether oxygens (including phenoxy) is 1. The van der Waals surface area contributed by atoms with Crippen LogP contribution in [0.15, 0.2) is 24.5 Å². The number of fused-ring (bicyclic) bond motifs is 1. The highest BCUT2D eigenvalue weighted by molar-refractivity contribution is 6.09. The van der Waals surface area contributed by atoms with E-state index in [1.807, 2.05) is 6.92 Å². The molecule has 202 valence electrons. The zero-order valence-corrected chi connectivity index (χ0v) is 21.3. The number of aromatic amines is 1. The molecule has 1 saturated heterocycles. The summed E-state index contributed by atoms with van der Waals surface area (Å²) in [5, 5.41) is 3.04. The number of piperidine rings is 1. The lowest BCUT2D eigenvalue weighted by molar-refractivity contribution is -0.137. The van der Waals surface area contributed by atoms with Gasteiger partial charge in [-0.1, -0.05) is 6.92 Å². The molecule has 1 aliphatic heterocycles. The Morgan fingerprint density at radius 2 is 1.89 bits per heavy atom. The fourth-order valence-corrected chi connectivity index (χ4v) is 4.87. The number of carbonyl (C=O) groups is 2. The number of amides is 2. The van der Waals surface area contributed by atoms with Gasteiger partial charge < -0.3 is 19.9 Å². The Morgan fingerprint density at radius 1 is 1.16 bits per heavy atom. The van der Waals surface area contributed by atoms with E-state index in [2.05, 4.69) is 20.3 Å². The molecule has 11 heteroatoms. The van der Waals surface area contributed by atoms with Crippen LogP contribution >= 0.6 is 0 Å². The Morgan fingerprint density at radius 3 is 2.55 bits per heavy atom. The molecular weight excluding hydrogens is 499 g/mol. The van der Waals surface area contributed by atoms with Gasteiger partial charge in [0.15, 0.2) is 0 Å². The monoisotopic (exact) mass is 529 g/mol. The van der Waals surface area contributed by atoms with E-state index in [4.69, 9.17) is 4.74 Å². The predicted molar refractivity (Wildman–Crippen MR) is 135 cm³/mol. The van der Waals surface area contributed by atoms with Crippen LogP contribution < -0.4 is 10.1 Å². The van der Waals surface area contributed by atoms with Crippen molar-refractivity contribution in [1.82, 2.24) is 25.2 Å². The lowest BCUT2D eigenvalue weighted by Crippen LogP contribution is -2.46. The molecule has 2 amide bonds. The lowest BCUT2D eigenvalue weighted by Gasteiger charge is -2.32. The molecule has 0 bridgehead atoms. The average Bonchev–Trinajstić information content (AvgIpc) is 3.66. The van der Waals surface area contributed by atoms with Crippen LogP contribution in [0.3, 0.4) is 0 Å². The van der Waals surface area contributed by atoms with Gasteiger partial charge in [0.05, 0.1) is 23.3 Å². The summed E-state index contributed by atoms with van der Waals surface area (Å²) in [5.74, 6) is 0.483. The van der Waals surface area contributed by atoms with Crippen molar-refractivity contribution in [3.63, 3.8) is 0 Å². The Hall–Kier alpha value is -3.63.